The number of rotatable bonds is 6. The van der Waals surface area contributed by atoms with Crippen molar-refractivity contribution in [3.05, 3.63) is 82.6 Å². The first-order valence-electron chi connectivity index (χ1n) is 8.25. The van der Waals surface area contributed by atoms with Crippen molar-refractivity contribution in [1.82, 2.24) is 15.3 Å². The van der Waals surface area contributed by atoms with Crippen LogP contribution >= 0.6 is 11.6 Å². The first kappa shape index (κ1) is 18.5. The highest BCUT2D eigenvalue weighted by atomic mass is 35.5. The van der Waals surface area contributed by atoms with Crippen molar-refractivity contribution in [1.29, 1.82) is 0 Å². The second-order valence-electron chi connectivity index (χ2n) is 5.84. The van der Waals surface area contributed by atoms with Gasteiger partial charge in [0.15, 0.2) is 5.78 Å². The summed E-state index contributed by atoms with van der Waals surface area (Å²) in [5.74, 6) is -0.0716. The van der Waals surface area contributed by atoms with Crippen molar-refractivity contribution in [3.8, 4) is 0 Å². The van der Waals surface area contributed by atoms with Gasteiger partial charge >= 0.3 is 0 Å². The van der Waals surface area contributed by atoms with Gasteiger partial charge in [-0.05, 0) is 42.8 Å². The minimum Gasteiger partial charge on any atom is -0.347 e. The number of benzene rings is 2. The summed E-state index contributed by atoms with van der Waals surface area (Å²) < 4.78 is 0. The monoisotopic (exact) mass is 380 g/mol. The van der Waals surface area contributed by atoms with Crippen LogP contribution in [0.2, 0.25) is 5.02 Å². The highest BCUT2D eigenvalue weighted by Crippen LogP contribution is 2.15. The molecule has 1 amide bonds. The second-order valence-corrected chi connectivity index (χ2v) is 6.27. The number of amides is 1. The molecule has 3 aromatic rings. The molecular formula is C20H17ClN4O2. The zero-order chi connectivity index (χ0) is 19.2. The van der Waals surface area contributed by atoms with E-state index < -0.39 is 0 Å². The molecule has 3 rings (SSSR count). The number of anilines is 2. The third-order valence-electron chi connectivity index (χ3n) is 3.78. The van der Waals surface area contributed by atoms with Crippen molar-refractivity contribution < 1.29 is 9.59 Å². The molecule has 1 aromatic heterocycles. The number of aromatic nitrogens is 2. The van der Waals surface area contributed by atoms with Crippen molar-refractivity contribution in [2.24, 2.45) is 0 Å². The minimum absolute atomic E-state index is 0.0325. The summed E-state index contributed by atoms with van der Waals surface area (Å²) in [6.07, 6.45) is 1.50. The van der Waals surface area contributed by atoms with E-state index in [-0.39, 0.29) is 23.3 Å². The molecule has 2 N–H and O–H groups in total. The van der Waals surface area contributed by atoms with E-state index in [1.165, 1.54) is 19.2 Å². The van der Waals surface area contributed by atoms with Gasteiger partial charge in [-0.1, -0.05) is 35.9 Å². The van der Waals surface area contributed by atoms with Crippen LogP contribution in [0.1, 0.15) is 33.3 Å². The SMILES string of the molecule is CC(=O)c1cccc(Nc2nccc(C(=O)NCc3ccc(Cl)cc3)n2)c1. The summed E-state index contributed by atoms with van der Waals surface area (Å²) in [7, 11) is 0. The van der Waals surface area contributed by atoms with E-state index >= 15 is 0 Å². The molecule has 0 fully saturated rings. The Morgan fingerprint density at radius 1 is 1.07 bits per heavy atom. The summed E-state index contributed by atoms with van der Waals surface area (Å²) in [6, 6.07) is 15.8. The number of halogens is 1. The van der Waals surface area contributed by atoms with Crippen molar-refractivity contribution in [2.75, 3.05) is 5.32 Å². The molecule has 27 heavy (non-hydrogen) atoms. The Bertz CT molecular complexity index is 974. The smallest absolute Gasteiger partial charge is 0.270 e. The molecule has 0 radical (unpaired) electrons. The molecule has 0 spiro atoms. The van der Waals surface area contributed by atoms with E-state index in [1.807, 2.05) is 12.1 Å². The molecule has 0 unspecified atom stereocenters. The van der Waals surface area contributed by atoms with Gasteiger partial charge in [0, 0.05) is 29.0 Å². The van der Waals surface area contributed by atoms with Crippen LogP contribution in [0.5, 0.6) is 0 Å². The third kappa shape index (κ3) is 5.12. The molecule has 0 aliphatic heterocycles. The average molecular weight is 381 g/mol. The maximum Gasteiger partial charge on any atom is 0.270 e. The van der Waals surface area contributed by atoms with E-state index in [4.69, 9.17) is 11.6 Å². The van der Waals surface area contributed by atoms with E-state index in [9.17, 15) is 9.59 Å². The zero-order valence-electron chi connectivity index (χ0n) is 14.6. The maximum absolute atomic E-state index is 12.3. The Kier molecular flexibility index (Phi) is 5.78. The van der Waals surface area contributed by atoms with Crippen LogP contribution in [-0.2, 0) is 6.54 Å². The minimum atomic E-state index is -0.312. The Morgan fingerprint density at radius 2 is 1.85 bits per heavy atom. The van der Waals surface area contributed by atoms with Crippen LogP contribution in [0.15, 0.2) is 60.8 Å². The van der Waals surface area contributed by atoms with Gasteiger partial charge in [-0.15, -0.1) is 0 Å². The van der Waals surface area contributed by atoms with Gasteiger partial charge < -0.3 is 10.6 Å². The Balaban J connectivity index is 1.67. The van der Waals surface area contributed by atoms with Gasteiger partial charge in [0.05, 0.1) is 0 Å². The fraction of sp³-hybridized carbons (Fsp3) is 0.100. The lowest BCUT2D eigenvalue weighted by Gasteiger charge is -2.08. The lowest BCUT2D eigenvalue weighted by molar-refractivity contribution is 0.0945. The van der Waals surface area contributed by atoms with Crippen LogP contribution in [0.25, 0.3) is 0 Å². The summed E-state index contributed by atoms with van der Waals surface area (Å²) in [5.41, 5.74) is 2.42. The van der Waals surface area contributed by atoms with Crippen molar-refractivity contribution in [2.45, 2.75) is 13.5 Å². The van der Waals surface area contributed by atoms with Crippen LogP contribution in [0.4, 0.5) is 11.6 Å². The van der Waals surface area contributed by atoms with Gasteiger partial charge in [-0.2, -0.15) is 0 Å². The standard InChI is InChI=1S/C20H17ClN4O2/c1-13(26)15-3-2-4-17(11-15)24-20-22-10-9-18(25-20)19(27)23-12-14-5-7-16(21)8-6-14/h2-11H,12H2,1H3,(H,23,27)(H,22,24,25). The van der Waals surface area contributed by atoms with Gasteiger partial charge in [0.25, 0.3) is 5.91 Å². The Morgan fingerprint density at radius 3 is 2.59 bits per heavy atom. The number of nitrogens with one attached hydrogen (secondary N) is 2. The molecule has 0 atom stereocenters. The van der Waals surface area contributed by atoms with Gasteiger partial charge in [0.1, 0.15) is 5.69 Å². The fourth-order valence-electron chi connectivity index (χ4n) is 2.37. The molecule has 1 heterocycles. The number of carbonyl (C=O) groups is 2. The number of ketones is 1. The second kappa shape index (κ2) is 8.42. The predicted octanol–water partition coefficient (Wildman–Crippen LogP) is 4.01. The van der Waals surface area contributed by atoms with Crippen LogP contribution in [0, 0.1) is 0 Å². The highest BCUT2D eigenvalue weighted by Gasteiger charge is 2.09. The summed E-state index contributed by atoms with van der Waals surface area (Å²) in [5, 5.41) is 6.45. The molecule has 0 saturated heterocycles. The number of hydrogen-bond donors (Lipinski definition) is 2. The summed E-state index contributed by atoms with van der Waals surface area (Å²) >= 11 is 5.85. The number of Topliss-reactive ketones (excluding diaryl/α,β-unsaturated/α-hetero) is 1. The lowest BCUT2D eigenvalue weighted by atomic mass is 10.1. The van der Waals surface area contributed by atoms with Crippen molar-refractivity contribution >= 4 is 34.9 Å². The third-order valence-corrected chi connectivity index (χ3v) is 4.03. The molecule has 136 valence electrons. The molecule has 0 bridgehead atoms. The number of carbonyl (C=O) groups excluding carboxylic acids is 2. The van der Waals surface area contributed by atoms with Gasteiger partial charge in [-0.25, -0.2) is 9.97 Å². The fourth-order valence-corrected chi connectivity index (χ4v) is 2.49. The first-order chi connectivity index (χ1) is 13.0. The zero-order valence-corrected chi connectivity index (χ0v) is 15.3. The molecular weight excluding hydrogens is 364 g/mol. The molecule has 0 aliphatic rings. The van der Waals surface area contributed by atoms with Crippen LogP contribution < -0.4 is 10.6 Å². The van der Waals surface area contributed by atoms with Crippen molar-refractivity contribution in [3.63, 3.8) is 0 Å². The topological polar surface area (TPSA) is 84.0 Å². The molecule has 0 aliphatic carbocycles. The molecule has 7 heteroatoms. The molecule has 6 nitrogen and oxygen atoms in total. The summed E-state index contributed by atoms with van der Waals surface area (Å²) in [4.78, 5) is 32.2. The Labute approximate surface area is 161 Å². The Hall–Kier alpha value is -3.25. The largest absolute Gasteiger partial charge is 0.347 e. The van der Waals surface area contributed by atoms with E-state index in [0.29, 0.717) is 22.8 Å². The average Bonchev–Trinajstić information content (AvgIpc) is 2.67. The van der Waals surface area contributed by atoms with E-state index in [1.54, 1.807) is 36.4 Å². The molecule has 2 aromatic carbocycles. The van der Waals surface area contributed by atoms with Gasteiger partial charge in [0.2, 0.25) is 5.95 Å². The normalized spacial score (nSPS) is 10.3. The van der Waals surface area contributed by atoms with Crippen LogP contribution in [-0.4, -0.2) is 21.7 Å². The first-order valence-corrected chi connectivity index (χ1v) is 8.63. The van der Waals surface area contributed by atoms with Gasteiger partial charge in [-0.3, -0.25) is 9.59 Å². The quantitative estimate of drug-likeness (QED) is 0.631. The van der Waals surface area contributed by atoms with Crippen LogP contribution in [0.3, 0.4) is 0 Å². The molecule has 0 saturated carbocycles. The highest BCUT2D eigenvalue weighted by molar-refractivity contribution is 6.30. The maximum atomic E-state index is 12.3. The predicted molar refractivity (Wildman–Crippen MR) is 104 cm³/mol. The summed E-state index contributed by atoms with van der Waals surface area (Å²) in [6.45, 7) is 1.87. The number of hydrogen-bond acceptors (Lipinski definition) is 5. The van der Waals surface area contributed by atoms with E-state index in [0.717, 1.165) is 5.56 Å². The number of nitrogens with zero attached hydrogens (tertiary/aromatic N) is 2. The van der Waals surface area contributed by atoms with E-state index in [2.05, 4.69) is 20.6 Å². The lowest BCUT2D eigenvalue weighted by Crippen LogP contribution is -2.24.